The molecular weight excluding hydrogens is 1120 g/mol. The van der Waals surface area contributed by atoms with E-state index in [1.54, 1.807) is 0 Å². The zero-order chi connectivity index (χ0) is 53.9. The van der Waals surface area contributed by atoms with E-state index in [0.717, 1.165) is 66.0 Å². The summed E-state index contributed by atoms with van der Waals surface area (Å²) >= 11 is 2.49. The van der Waals surface area contributed by atoms with Gasteiger partial charge in [-0.05, 0) is 78.8 Å². The van der Waals surface area contributed by atoms with Crippen molar-refractivity contribution in [2.24, 2.45) is 0 Å². The molecule has 0 atom stereocenters. The van der Waals surface area contributed by atoms with Crippen molar-refractivity contribution < 1.29 is 24.1 Å². The fourth-order valence-electron chi connectivity index (χ4n) is 11.7. The Balaban J connectivity index is 1.05. The van der Waals surface area contributed by atoms with E-state index >= 15 is 0 Å². The topological polar surface area (TPSA) is 38.5 Å². The molecule has 0 fully saturated rings. The molecule has 8 aromatic carbocycles. The normalized spacial score (nSPS) is 13.8. The van der Waals surface area contributed by atoms with Gasteiger partial charge < -0.3 is 4.90 Å². The predicted octanol–water partition coefficient (Wildman–Crippen LogP) is 18.1. The molecule has 2 aliphatic rings. The Hall–Kier alpha value is -7.53. The third kappa shape index (κ3) is 8.25. The number of fused-ring (bicyclic) bond motifs is 9. The first-order valence-electron chi connectivity index (χ1n) is 26.8. The third-order valence-corrected chi connectivity index (χ3v) is 17.0. The molecule has 0 aliphatic carbocycles. The first-order chi connectivity index (χ1) is 36.7. The monoisotopic (exact) mass is 1190 g/mol. The summed E-state index contributed by atoms with van der Waals surface area (Å²) in [7, 11) is 0. The van der Waals surface area contributed by atoms with Gasteiger partial charge in [-0.15, -0.1) is 0 Å². The summed E-state index contributed by atoms with van der Waals surface area (Å²) < 4.78 is 12.7. The van der Waals surface area contributed by atoms with Crippen LogP contribution in [0.2, 0.25) is 0 Å². The summed E-state index contributed by atoms with van der Waals surface area (Å²) in [6.07, 6.45) is 1.94. The summed E-state index contributed by atoms with van der Waals surface area (Å²) in [5, 5.41) is 0. The van der Waals surface area contributed by atoms with Crippen molar-refractivity contribution in [3.63, 3.8) is 0 Å². The van der Waals surface area contributed by atoms with Crippen molar-refractivity contribution in [2.75, 3.05) is 9.80 Å². The number of rotatable bonds is 6. The van der Waals surface area contributed by atoms with Crippen LogP contribution in [-0.4, -0.2) is 14.1 Å². The van der Waals surface area contributed by atoms with E-state index in [4.69, 9.17) is 9.72 Å². The van der Waals surface area contributed by atoms with Crippen LogP contribution in [0.15, 0.2) is 176 Å². The fraction of sp³-hybridized carbons (Fsp3) is 0.229. The van der Waals surface area contributed by atoms with E-state index in [1.165, 1.54) is 50.1 Å². The first kappa shape index (κ1) is 50.3. The number of aryl methyl sites for hydroxylation is 2. The molecule has 0 saturated carbocycles. The van der Waals surface area contributed by atoms with Gasteiger partial charge in [0.15, 0.2) is 0 Å². The Kier molecular flexibility index (Phi) is 12.0. The minimum atomic E-state index is -0.759. The van der Waals surface area contributed by atoms with Gasteiger partial charge in [0.1, 0.15) is 0 Å². The number of aromatic nitrogens is 3. The molecule has 12 rings (SSSR count). The van der Waals surface area contributed by atoms with Gasteiger partial charge in [0.05, 0.1) is 0 Å². The van der Waals surface area contributed by atoms with Crippen molar-refractivity contribution >= 4 is 45.3 Å². The summed E-state index contributed by atoms with van der Waals surface area (Å²) in [5.41, 5.74) is 20.9. The van der Waals surface area contributed by atoms with Crippen LogP contribution in [0, 0.1) is 36.7 Å². The molecule has 0 N–H and O–H groups in total. The van der Waals surface area contributed by atoms with Crippen LogP contribution in [0.3, 0.4) is 0 Å². The van der Waals surface area contributed by atoms with Gasteiger partial charge in [-0.1, -0.05) is 75.4 Å². The predicted molar refractivity (Wildman–Crippen MR) is 313 cm³/mol. The van der Waals surface area contributed by atoms with Crippen molar-refractivity contribution in [1.82, 2.24) is 14.1 Å². The number of nitrogens with zero attached hydrogens (tertiary/aromatic N) is 5. The number of pyridine rings is 1. The Morgan fingerprint density at radius 2 is 0.987 bits per heavy atom. The number of hydrogen-bond donors (Lipinski definition) is 0. The van der Waals surface area contributed by atoms with Crippen molar-refractivity contribution in [3.8, 4) is 22.9 Å². The summed E-state index contributed by atoms with van der Waals surface area (Å²) in [6.45, 7) is 27.2. The molecule has 6 nitrogen and oxygen atoms in total. The molecule has 0 saturated heterocycles. The van der Waals surface area contributed by atoms with Crippen LogP contribution < -0.4 is 14.5 Å². The fourth-order valence-corrected chi connectivity index (χ4v) is 12.8. The van der Waals surface area contributed by atoms with Gasteiger partial charge in [-0.25, -0.2) is 0 Å². The van der Waals surface area contributed by atoms with E-state index in [2.05, 4.69) is 297 Å². The molecule has 0 bridgehead atoms. The van der Waals surface area contributed by atoms with Crippen LogP contribution in [0.25, 0.3) is 22.4 Å². The number of ether oxygens (including phenoxy) is 1. The van der Waals surface area contributed by atoms with Gasteiger partial charge in [0.2, 0.25) is 0 Å². The summed E-state index contributed by atoms with van der Waals surface area (Å²) in [5.74, 6) is 1.98. The zero-order valence-corrected chi connectivity index (χ0v) is 48.5. The number of anilines is 6. The molecule has 0 amide bonds. The zero-order valence-electron chi connectivity index (χ0n) is 46.2. The average molecular weight is 1190 g/mol. The van der Waals surface area contributed by atoms with Crippen LogP contribution >= 0.6 is 0 Å². The molecule has 1 spiro atoms. The van der Waals surface area contributed by atoms with Crippen LogP contribution in [0.5, 0.6) is 11.5 Å². The number of para-hydroxylation sites is 5. The SMILES string of the molecule is Cc1cc(N2c3ccccc3C3(c4ccc(Oc5[c-]c(-n6[c](=[Pt])n(-c7cc(C(C)(C)C)cc(C(C)(C)C)c7)c7ccccc76)ccc5)[c-]c4N(c4cc(C(C)(C)C)ccn4)c4ccccc43)c3ccccc32)cc(C)c1C. The van der Waals surface area contributed by atoms with Crippen LogP contribution in [-0.2, 0) is 41.0 Å². The maximum absolute atomic E-state index is 7.04. The third-order valence-electron chi connectivity index (χ3n) is 16.0. The molecule has 77 heavy (non-hydrogen) atoms. The number of benzene rings is 8. The van der Waals surface area contributed by atoms with E-state index in [-0.39, 0.29) is 16.2 Å². The maximum atomic E-state index is 7.04. The smallest absolute Gasteiger partial charge is 0.0618 e. The van der Waals surface area contributed by atoms with Crippen molar-refractivity contribution in [3.05, 3.63) is 248 Å². The van der Waals surface area contributed by atoms with Crippen LogP contribution in [0.4, 0.5) is 34.3 Å². The van der Waals surface area contributed by atoms with Gasteiger partial charge in [0, 0.05) is 23.3 Å². The molecule has 10 aromatic rings. The van der Waals surface area contributed by atoms with Crippen molar-refractivity contribution in [2.45, 2.75) is 105 Å². The second-order valence-electron chi connectivity index (χ2n) is 24.1. The molecule has 2 aliphatic heterocycles. The second-order valence-corrected chi connectivity index (χ2v) is 25.1. The Morgan fingerprint density at radius 3 is 1.56 bits per heavy atom. The van der Waals surface area contributed by atoms with E-state index in [0.29, 0.717) is 11.5 Å². The molecule has 7 heteroatoms. The molecular formula is C70H65N5OPt-2. The summed E-state index contributed by atoms with van der Waals surface area (Å²) in [4.78, 5) is 9.93. The van der Waals surface area contributed by atoms with E-state index in [1.807, 2.05) is 12.3 Å². The number of imidazole rings is 1. The van der Waals surface area contributed by atoms with Gasteiger partial charge in [-0.3, -0.25) is 0 Å². The standard InChI is InChI=1S/C70H65N5O.Pt/c1-45-36-53(37-46(2)47(45)3)74-60-27-16-13-24-56(60)70(57-25-14-17-28-61(57)74)58-26-15-18-29-62(58)75(66-41-48(34-35-71-66)67(4,5)6)65-43-55(32-33-59(65)70)76-54-23-21-22-51(42-54)72-44-73(64-31-20-19-30-63(64)72)52-39-49(68(7,8)9)38-50(40-52)69(10,11)12;/h13-41H,1-12H3;/q-2;. The number of hydrogen-bond acceptors (Lipinski definition) is 4. The van der Waals surface area contributed by atoms with Gasteiger partial charge >= 0.3 is 286 Å². The molecule has 0 unspecified atom stereocenters. The minimum Gasteiger partial charge on any atom is -0.0618 e. The van der Waals surface area contributed by atoms with Crippen molar-refractivity contribution in [1.29, 1.82) is 0 Å². The molecule has 388 valence electrons. The van der Waals surface area contributed by atoms with Crippen LogP contribution in [0.1, 0.15) is 118 Å². The quantitative estimate of drug-likeness (QED) is 0.156. The van der Waals surface area contributed by atoms with Gasteiger partial charge in [-0.2, -0.15) is 0 Å². The molecule has 2 aromatic heterocycles. The van der Waals surface area contributed by atoms with Gasteiger partial charge in [0.25, 0.3) is 0 Å². The molecule has 0 radical (unpaired) electrons. The van der Waals surface area contributed by atoms with E-state index < -0.39 is 5.41 Å². The first-order valence-corrected chi connectivity index (χ1v) is 27.9. The Bertz CT molecular complexity index is 3960. The molecule has 4 heterocycles. The summed E-state index contributed by atoms with van der Waals surface area (Å²) in [6, 6.07) is 69.8. The van der Waals surface area contributed by atoms with E-state index in [9.17, 15) is 0 Å². The minimum absolute atomic E-state index is 0.0332. The second kappa shape index (κ2) is 18.3. The Morgan fingerprint density at radius 1 is 0.468 bits per heavy atom. The average Bonchev–Trinajstić information content (AvgIpc) is 3.76. The Labute approximate surface area is 465 Å².